The lowest BCUT2D eigenvalue weighted by Gasteiger charge is -2.03. The number of nitrogens with zero attached hydrogens (tertiary/aromatic N) is 2. The van der Waals surface area contributed by atoms with Gasteiger partial charge < -0.3 is 0 Å². The Balaban J connectivity index is 2.83. The number of hydrogen-bond acceptors (Lipinski definition) is 3. The number of ketones is 2. The van der Waals surface area contributed by atoms with E-state index in [0.29, 0.717) is 12.2 Å². The zero-order valence-electron chi connectivity index (χ0n) is 9.34. The normalized spacial score (nSPS) is 11.6. The fraction of sp³-hybridized carbons (Fsp3) is 0.500. The van der Waals surface area contributed by atoms with Crippen molar-refractivity contribution in [2.24, 2.45) is 0 Å². The van der Waals surface area contributed by atoms with Crippen molar-refractivity contribution in [2.45, 2.75) is 33.0 Å². The van der Waals surface area contributed by atoms with Crippen molar-refractivity contribution in [2.75, 3.05) is 0 Å². The zero-order chi connectivity index (χ0) is 13.2. The predicted molar refractivity (Wildman–Crippen MR) is 52.6 cm³/mol. The predicted octanol–water partition coefficient (Wildman–Crippen LogP) is 1.92. The third kappa shape index (κ3) is 3.15. The summed E-state index contributed by atoms with van der Waals surface area (Å²) in [5.41, 5.74) is 0.385. The van der Waals surface area contributed by atoms with Crippen molar-refractivity contribution < 1.29 is 22.8 Å². The summed E-state index contributed by atoms with van der Waals surface area (Å²) in [6.45, 7) is 3.79. The Labute approximate surface area is 95.4 Å². The Morgan fingerprint density at radius 3 is 2.41 bits per heavy atom. The Hall–Kier alpha value is -1.66. The van der Waals surface area contributed by atoms with Gasteiger partial charge in [-0.05, 0) is 13.8 Å². The lowest BCUT2D eigenvalue weighted by Crippen LogP contribution is -2.25. The minimum Gasteiger partial charge on any atom is -0.294 e. The van der Waals surface area contributed by atoms with Gasteiger partial charge in [0, 0.05) is 12.7 Å². The van der Waals surface area contributed by atoms with E-state index in [1.165, 1.54) is 17.8 Å². The molecule has 0 radical (unpaired) electrons. The van der Waals surface area contributed by atoms with Crippen LogP contribution in [0.5, 0.6) is 0 Å². The molecular weight excluding hydrogens is 237 g/mol. The molecule has 0 atom stereocenters. The van der Waals surface area contributed by atoms with Gasteiger partial charge in [0.05, 0.1) is 17.7 Å². The summed E-state index contributed by atoms with van der Waals surface area (Å²) < 4.78 is 37.4. The van der Waals surface area contributed by atoms with Gasteiger partial charge in [0.15, 0.2) is 5.78 Å². The first-order valence-corrected chi connectivity index (χ1v) is 4.93. The number of hydrogen-bond donors (Lipinski definition) is 0. The van der Waals surface area contributed by atoms with E-state index in [2.05, 4.69) is 5.10 Å². The average Bonchev–Trinajstić information content (AvgIpc) is 2.58. The largest absolute Gasteiger partial charge is 0.450 e. The highest BCUT2D eigenvalue weighted by Gasteiger charge is 2.39. The Kier molecular flexibility index (Phi) is 3.69. The highest BCUT2D eigenvalue weighted by Crippen LogP contribution is 2.19. The van der Waals surface area contributed by atoms with E-state index in [1.807, 2.05) is 0 Å². The smallest absolute Gasteiger partial charge is 0.294 e. The van der Waals surface area contributed by atoms with E-state index in [9.17, 15) is 22.8 Å². The lowest BCUT2D eigenvalue weighted by molar-refractivity contribution is -0.170. The van der Waals surface area contributed by atoms with Gasteiger partial charge >= 0.3 is 6.18 Å². The number of rotatable bonds is 4. The third-order valence-electron chi connectivity index (χ3n) is 2.21. The van der Waals surface area contributed by atoms with Crippen LogP contribution >= 0.6 is 0 Å². The lowest BCUT2D eigenvalue weighted by atomic mass is 10.1. The molecule has 7 heteroatoms. The van der Waals surface area contributed by atoms with Crippen molar-refractivity contribution in [3.63, 3.8) is 0 Å². The van der Waals surface area contributed by atoms with Gasteiger partial charge in [-0.2, -0.15) is 18.3 Å². The van der Waals surface area contributed by atoms with Crippen LogP contribution in [0.1, 0.15) is 29.4 Å². The van der Waals surface area contributed by atoms with Crippen molar-refractivity contribution in [1.82, 2.24) is 9.78 Å². The number of carbonyl (C=O) groups excluding carboxylic acids is 2. The summed E-state index contributed by atoms with van der Waals surface area (Å²) >= 11 is 0. The molecule has 0 N–H and O–H groups in total. The molecule has 0 bridgehead atoms. The summed E-state index contributed by atoms with van der Waals surface area (Å²) in [4.78, 5) is 22.1. The maximum atomic E-state index is 12.0. The zero-order valence-corrected chi connectivity index (χ0v) is 9.34. The molecule has 0 aliphatic rings. The molecule has 4 nitrogen and oxygen atoms in total. The van der Waals surface area contributed by atoms with E-state index in [-0.39, 0.29) is 5.56 Å². The number of carbonyl (C=O) groups is 2. The maximum Gasteiger partial charge on any atom is 0.450 e. The second kappa shape index (κ2) is 4.68. The van der Waals surface area contributed by atoms with E-state index in [0.717, 1.165) is 0 Å². The molecule has 0 aliphatic heterocycles. The van der Waals surface area contributed by atoms with Gasteiger partial charge in [-0.15, -0.1) is 0 Å². The van der Waals surface area contributed by atoms with Gasteiger partial charge in [0.1, 0.15) is 0 Å². The first kappa shape index (κ1) is 13.4. The topological polar surface area (TPSA) is 52.0 Å². The molecule has 0 fully saturated rings. The van der Waals surface area contributed by atoms with Crippen LogP contribution in [0.2, 0.25) is 0 Å². The fourth-order valence-corrected chi connectivity index (χ4v) is 1.29. The summed E-state index contributed by atoms with van der Waals surface area (Å²) in [7, 11) is 0. The van der Waals surface area contributed by atoms with E-state index < -0.39 is 24.2 Å². The van der Waals surface area contributed by atoms with Crippen LogP contribution in [-0.4, -0.2) is 27.5 Å². The van der Waals surface area contributed by atoms with Crippen LogP contribution in [0, 0.1) is 6.92 Å². The van der Waals surface area contributed by atoms with Gasteiger partial charge in [-0.25, -0.2) is 0 Å². The molecule has 0 saturated heterocycles. The van der Waals surface area contributed by atoms with E-state index >= 15 is 0 Å². The molecule has 0 aliphatic carbocycles. The SMILES string of the molecule is CCn1cc(C(=O)CC(=O)C(F)(F)F)c(C)n1. The van der Waals surface area contributed by atoms with Gasteiger partial charge in [-0.3, -0.25) is 14.3 Å². The van der Waals surface area contributed by atoms with Crippen molar-refractivity contribution in [3.8, 4) is 0 Å². The molecule has 0 saturated carbocycles. The monoisotopic (exact) mass is 248 g/mol. The number of aromatic nitrogens is 2. The first-order valence-electron chi connectivity index (χ1n) is 4.93. The number of Topliss-reactive ketones (excluding diaryl/α,β-unsaturated/α-hetero) is 2. The summed E-state index contributed by atoms with van der Waals surface area (Å²) in [6, 6.07) is 0. The van der Waals surface area contributed by atoms with Gasteiger partial charge in [0.25, 0.3) is 0 Å². The molecule has 1 aromatic heterocycles. The van der Waals surface area contributed by atoms with Crippen LogP contribution in [0.4, 0.5) is 13.2 Å². The summed E-state index contributed by atoms with van der Waals surface area (Å²) in [6.07, 6.45) is -4.79. The molecule has 94 valence electrons. The Morgan fingerprint density at radius 1 is 1.41 bits per heavy atom. The van der Waals surface area contributed by atoms with Gasteiger partial charge in [0.2, 0.25) is 5.78 Å². The van der Waals surface area contributed by atoms with Crippen LogP contribution < -0.4 is 0 Å². The highest BCUT2D eigenvalue weighted by molar-refractivity contribution is 6.09. The molecule has 1 rings (SSSR count). The van der Waals surface area contributed by atoms with Gasteiger partial charge in [-0.1, -0.05) is 0 Å². The fourth-order valence-electron chi connectivity index (χ4n) is 1.29. The Bertz CT molecular complexity index is 449. The van der Waals surface area contributed by atoms with Crippen LogP contribution in [0.15, 0.2) is 6.20 Å². The molecule has 0 unspecified atom stereocenters. The van der Waals surface area contributed by atoms with E-state index in [4.69, 9.17) is 0 Å². The quantitative estimate of drug-likeness (QED) is 0.604. The maximum absolute atomic E-state index is 12.0. The number of aryl methyl sites for hydroxylation is 2. The number of alkyl halides is 3. The van der Waals surface area contributed by atoms with Crippen molar-refractivity contribution >= 4 is 11.6 Å². The minimum absolute atomic E-state index is 0.0597. The molecule has 1 heterocycles. The molecule has 0 amide bonds. The van der Waals surface area contributed by atoms with Crippen LogP contribution in [-0.2, 0) is 11.3 Å². The molecule has 0 spiro atoms. The van der Waals surface area contributed by atoms with Crippen LogP contribution in [0.3, 0.4) is 0 Å². The molecular formula is C10H11F3N2O2. The van der Waals surface area contributed by atoms with Crippen molar-refractivity contribution in [1.29, 1.82) is 0 Å². The molecule has 17 heavy (non-hydrogen) atoms. The number of halogens is 3. The molecule has 0 aromatic carbocycles. The highest BCUT2D eigenvalue weighted by atomic mass is 19.4. The summed E-state index contributed by atoms with van der Waals surface area (Å²) in [5, 5.41) is 3.92. The summed E-state index contributed by atoms with van der Waals surface area (Å²) in [5.74, 6) is -2.89. The van der Waals surface area contributed by atoms with E-state index in [1.54, 1.807) is 6.92 Å². The second-order valence-electron chi connectivity index (χ2n) is 3.50. The first-order chi connectivity index (χ1) is 7.75. The standard InChI is InChI=1S/C10H11F3N2O2/c1-3-15-5-7(6(2)14-15)8(16)4-9(17)10(11,12)13/h5H,3-4H2,1-2H3. The minimum atomic E-state index is -4.97. The second-order valence-corrected chi connectivity index (χ2v) is 3.50. The van der Waals surface area contributed by atoms with Crippen molar-refractivity contribution in [3.05, 3.63) is 17.5 Å². The Morgan fingerprint density at radius 2 is 2.00 bits per heavy atom. The van der Waals surface area contributed by atoms with Crippen LogP contribution in [0.25, 0.3) is 0 Å². The third-order valence-corrected chi connectivity index (χ3v) is 2.21. The average molecular weight is 248 g/mol. The molecule has 1 aromatic rings.